The molecule has 0 bridgehead atoms. The number of carbonyl (C=O) groups is 2. The molecule has 0 aliphatic heterocycles. The van der Waals surface area contributed by atoms with E-state index in [0.29, 0.717) is 12.8 Å². The molecule has 1 aliphatic carbocycles. The van der Waals surface area contributed by atoms with Gasteiger partial charge in [0.1, 0.15) is 17.4 Å². The molecule has 4 nitrogen and oxygen atoms in total. The van der Waals surface area contributed by atoms with Crippen molar-refractivity contribution in [3.63, 3.8) is 0 Å². The van der Waals surface area contributed by atoms with Crippen LogP contribution in [-0.4, -0.2) is 27.9 Å². The van der Waals surface area contributed by atoms with Gasteiger partial charge in [0.2, 0.25) is 0 Å². The van der Waals surface area contributed by atoms with Crippen LogP contribution in [0.2, 0.25) is 0 Å². The van der Waals surface area contributed by atoms with E-state index in [0.717, 1.165) is 5.57 Å². The highest BCUT2D eigenvalue weighted by Crippen LogP contribution is 2.31. The third-order valence-electron chi connectivity index (χ3n) is 3.59. The third kappa shape index (κ3) is 3.13. The molecule has 106 valence electrons. The van der Waals surface area contributed by atoms with Gasteiger partial charge >= 0.3 is 0 Å². The second kappa shape index (κ2) is 6.15. The largest absolute Gasteiger partial charge is 0.511 e. The van der Waals surface area contributed by atoms with Crippen LogP contribution in [0, 0.1) is 11.8 Å². The molecule has 0 saturated heterocycles. The van der Waals surface area contributed by atoms with Crippen molar-refractivity contribution in [3.05, 3.63) is 23.0 Å². The average Bonchev–Trinajstić information content (AvgIpc) is 2.56. The van der Waals surface area contributed by atoms with E-state index in [-0.39, 0.29) is 17.3 Å². The molecule has 2 N–H and O–H groups in total. The van der Waals surface area contributed by atoms with Gasteiger partial charge in [0, 0.05) is 5.92 Å². The van der Waals surface area contributed by atoms with Gasteiger partial charge in [-0.1, -0.05) is 25.5 Å². The first kappa shape index (κ1) is 15.6. The number of aliphatic hydroxyl groups is 2. The van der Waals surface area contributed by atoms with Gasteiger partial charge in [-0.15, -0.1) is 0 Å². The zero-order valence-corrected chi connectivity index (χ0v) is 11.9. The zero-order chi connectivity index (χ0) is 14.7. The van der Waals surface area contributed by atoms with Crippen LogP contribution in [0.15, 0.2) is 23.0 Å². The number of Topliss-reactive ketones (excluding diaryl/α,β-unsaturated/α-hetero) is 2. The summed E-state index contributed by atoms with van der Waals surface area (Å²) in [4.78, 5) is 24.1. The summed E-state index contributed by atoms with van der Waals surface area (Å²) in [5.74, 6) is -2.28. The minimum Gasteiger partial charge on any atom is -0.511 e. The molecule has 1 saturated carbocycles. The monoisotopic (exact) mass is 266 g/mol. The Balaban J connectivity index is 3.09. The smallest absolute Gasteiger partial charge is 0.199 e. The molecule has 1 fully saturated rings. The Morgan fingerprint density at radius 2 is 1.89 bits per heavy atom. The number of carbonyl (C=O) groups excluding carboxylic acids is 2. The van der Waals surface area contributed by atoms with Crippen molar-refractivity contribution in [2.24, 2.45) is 11.8 Å². The summed E-state index contributed by atoms with van der Waals surface area (Å²) >= 11 is 0. The van der Waals surface area contributed by atoms with Crippen molar-refractivity contribution >= 4 is 11.6 Å². The topological polar surface area (TPSA) is 74.6 Å². The Morgan fingerprint density at radius 1 is 1.32 bits per heavy atom. The normalized spacial score (nSPS) is 27.4. The predicted octanol–water partition coefficient (Wildman–Crippen LogP) is 2.33. The highest BCUT2D eigenvalue weighted by molar-refractivity contribution is 6.28. The molecular formula is C15H22O4. The standard InChI is InChI=1S/C15H22O4/c1-5-9(4)12(16)11-13(17)10(7-6-8(2)3)14(18)15(11)19/h6,9-10,14,16,18H,5,7H2,1-4H3/b12-11+/t9?,10?,14-/m1/s1. The maximum atomic E-state index is 12.2. The Hall–Kier alpha value is -1.42. The van der Waals surface area contributed by atoms with Crippen molar-refractivity contribution in [1.82, 2.24) is 0 Å². The molecule has 0 aromatic heterocycles. The van der Waals surface area contributed by atoms with Crippen LogP contribution in [-0.2, 0) is 9.59 Å². The van der Waals surface area contributed by atoms with Gasteiger partial charge in [-0.3, -0.25) is 9.59 Å². The molecule has 2 unspecified atom stereocenters. The van der Waals surface area contributed by atoms with Crippen molar-refractivity contribution in [2.75, 3.05) is 0 Å². The van der Waals surface area contributed by atoms with Crippen molar-refractivity contribution in [1.29, 1.82) is 0 Å². The summed E-state index contributed by atoms with van der Waals surface area (Å²) in [5.41, 5.74) is 0.824. The molecule has 1 rings (SSSR count). The van der Waals surface area contributed by atoms with E-state index in [1.165, 1.54) is 0 Å². The lowest BCUT2D eigenvalue weighted by Crippen LogP contribution is -2.22. The Bertz CT molecular complexity index is 441. The summed E-state index contributed by atoms with van der Waals surface area (Å²) in [6.07, 6.45) is 1.45. The lowest BCUT2D eigenvalue weighted by atomic mass is 9.97. The molecule has 19 heavy (non-hydrogen) atoms. The van der Waals surface area contributed by atoms with E-state index >= 15 is 0 Å². The van der Waals surface area contributed by atoms with Crippen LogP contribution in [0.3, 0.4) is 0 Å². The Kier molecular flexibility index (Phi) is 5.06. The number of hydrogen-bond donors (Lipinski definition) is 2. The lowest BCUT2D eigenvalue weighted by Gasteiger charge is -2.09. The van der Waals surface area contributed by atoms with Crippen LogP contribution in [0.25, 0.3) is 0 Å². The maximum Gasteiger partial charge on any atom is 0.199 e. The van der Waals surface area contributed by atoms with E-state index in [1.807, 2.05) is 26.8 Å². The van der Waals surface area contributed by atoms with Gasteiger partial charge in [-0.05, 0) is 26.7 Å². The second-order valence-corrected chi connectivity index (χ2v) is 5.37. The number of rotatable bonds is 4. The molecule has 4 heteroatoms. The predicted molar refractivity (Wildman–Crippen MR) is 72.7 cm³/mol. The van der Waals surface area contributed by atoms with E-state index in [1.54, 1.807) is 6.92 Å². The fraction of sp³-hybridized carbons (Fsp3) is 0.600. The number of hydrogen-bond acceptors (Lipinski definition) is 4. The molecule has 0 spiro atoms. The lowest BCUT2D eigenvalue weighted by molar-refractivity contribution is -0.124. The van der Waals surface area contributed by atoms with Crippen LogP contribution in [0.5, 0.6) is 0 Å². The fourth-order valence-corrected chi connectivity index (χ4v) is 2.07. The first-order valence-corrected chi connectivity index (χ1v) is 6.64. The first-order chi connectivity index (χ1) is 8.81. The van der Waals surface area contributed by atoms with Gasteiger partial charge in [-0.2, -0.15) is 0 Å². The van der Waals surface area contributed by atoms with E-state index < -0.39 is 23.6 Å². The number of allylic oxidation sites excluding steroid dienone is 3. The van der Waals surface area contributed by atoms with Gasteiger partial charge in [-0.25, -0.2) is 0 Å². The first-order valence-electron chi connectivity index (χ1n) is 6.64. The highest BCUT2D eigenvalue weighted by Gasteiger charge is 2.46. The van der Waals surface area contributed by atoms with Crippen LogP contribution in [0.4, 0.5) is 0 Å². The Morgan fingerprint density at radius 3 is 2.37 bits per heavy atom. The summed E-state index contributed by atoms with van der Waals surface area (Å²) in [5, 5.41) is 19.9. The average molecular weight is 266 g/mol. The fourth-order valence-electron chi connectivity index (χ4n) is 2.07. The number of aliphatic hydroxyl groups excluding tert-OH is 2. The minimum absolute atomic E-state index is 0.184. The summed E-state index contributed by atoms with van der Waals surface area (Å²) in [6.45, 7) is 7.39. The van der Waals surface area contributed by atoms with Crippen molar-refractivity contribution in [3.8, 4) is 0 Å². The maximum absolute atomic E-state index is 12.2. The van der Waals surface area contributed by atoms with Gasteiger partial charge < -0.3 is 10.2 Å². The molecule has 3 atom stereocenters. The van der Waals surface area contributed by atoms with Gasteiger partial charge in [0.05, 0.1) is 5.92 Å². The molecule has 1 aliphatic rings. The van der Waals surface area contributed by atoms with Crippen molar-refractivity contribution < 1.29 is 19.8 Å². The van der Waals surface area contributed by atoms with Gasteiger partial charge in [0.25, 0.3) is 0 Å². The van der Waals surface area contributed by atoms with E-state index in [9.17, 15) is 19.8 Å². The Labute approximate surface area is 113 Å². The molecule has 0 radical (unpaired) electrons. The van der Waals surface area contributed by atoms with E-state index in [4.69, 9.17) is 0 Å². The second-order valence-electron chi connectivity index (χ2n) is 5.37. The molecule has 0 heterocycles. The number of ketones is 2. The summed E-state index contributed by atoms with van der Waals surface area (Å²) < 4.78 is 0. The quantitative estimate of drug-likeness (QED) is 0.354. The molecular weight excluding hydrogens is 244 g/mol. The van der Waals surface area contributed by atoms with Crippen LogP contribution in [0.1, 0.15) is 40.5 Å². The highest BCUT2D eigenvalue weighted by atomic mass is 16.3. The third-order valence-corrected chi connectivity index (χ3v) is 3.59. The zero-order valence-electron chi connectivity index (χ0n) is 11.9. The molecule has 0 aromatic rings. The molecule has 0 amide bonds. The van der Waals surface area contributed by atoms with Crippen LogP contribution >= 0.6 is 0 Å². The molecule has 0 aromatic carbocycles. The van der Waals surface area contributed by atoms with Crippen molar-refractivity contribution in [2.45, 2.75) is 46.6 Å². The van der Waals surface area contributed by atoms with Crippen LogP contribution < -0.4 is 0 Å². The van der Waals surface area contributed by atoms with Gasteiger partial charge in [0.15, 0.2) is 11.6 Å². The minimum atomic E-state index is -1.33. The summed E-state index contributed by atoms with van der Waals surface area (Å²) in [7, 11) is 0. The SMILES string of the molecule is CCC(C)/C(O)=C1/C(=O)C(CC=C(C)C)[C@@H](O)C1=O. The summed E-state index contributed by atoms with van der Waals surface area (Å²) in [6, 6.07) is 0. The van der Waals surface area contributed by atoms with E-state index in [2.05, 4.69) is 0 Å².